The summed E-state index contributed by atoms with van der Waals surface area (Å²) in [6, 6.07) is 18.3. The molecule has 0 saturated carbocycles. The standard InChI is InChI=1S/C47H73N2.HI/c1-7-9-11-13-15-17-19-21-23-29-38-48-42-34-27-25-32-40(42)46(3,4)44(48)36-31-37-45-47(5,6)41-33-26-28-35-43(41)49(45)39-30-24-22-20-18-16-14-12-10-8-2;/h25-28,31-37H,7-24,29-30,38-39H2,1-6H3;1H/q+1;/p-1. The molecule has 2 aromatic carbocycles. The molecular formula is C47H73IN2. The molecule has 0 aromatic heterocycles. The van der Waals surface area contributed by atoms with Crippen molar-refractivity contribution in [2.45, 2.75) is 181 Å². The molecule has 0 fully saturated rings. The summed E-state index contributed by atoms with van der Waals surface area (Å²) in [5.41, 5.74) is 8.61. The Morgan fingerprint density at radius 2 is 1.04 bits per heavy atom. The molecule has 2 aromatic rings. The number of allylic oxidation sites excluding steroid dienone is 4. The van der Waals surface area contributed by atoms with Crippen molar-refractivity contribution in [3.8, 4) is 0 Å². The average Bonchev–Trinajstić information content (AvgIpc) is 3.45. The van der Waals surface area contributed by atoms with Crippen molar-refractivity contribution in [3.05, 3.63) is 83.6 Å². The molecule has 50 heavy (non-hydrogen) atoms. The van der Waals surface area contributed by atoms with Gasteiger partial charge in [0.25, 0.3) is 0 Å². The van der Waals surface area contributed by atoms with Crippen LogP contribution in [-0.2, 0) is 10.8 Å². The lowest BCUT2D eigenvalue weighted by molar-refractivity contribution is -0.438. The second-order valence-electron chi connectivity index (χ2n) is 16.2. The highest BCUT2D eigenvalue weighted by atomic mass is 127. The van der Waals surface area contributed by atoms with Crippen LogP contribution >= 0.6 is 0 Å². The van der Waals surface area contributed by atoms with Crippen molar-refractivity contribution in [2.24, 2.45) is 0 Å². The monoisotopic (exact) mass is 792 g/mol. The van der Waals surface area contributed by atoms with E-state index in [0.29, 0.717) is 0 Å². The van der Waals surface area contributed by atoms with Crippen LogP contribution in [0.4, 0.5) is 11.4 Å². The summed E-state index contributed by atoms with van der Waals surface area (Å²) < 4.78 is 2.64. The predicted octanol–water partition coefficient (Wildman–Crippen LogP) is 11.1. The van der Waals surface area contributed by atoms with E-state index in [-0.39, 0.29) is 34.8 Å². The fraction of sp³-hybridized carbons (Fsp3) is 0.638. The summed E-state index contributed by atoms with van der Waals surface area (Å²) >= 11 is 0. The number of halogens is 1. The topological polar surface area (TPSA) is 6.25 Å². The van der Waals surface area contributed by atoms with Crippen LogP contribution in [-0.4, -0.2) is 23.4 Å². The lowest BCUT2D eigenvalue weighted by atomic mass is 9.81. The van der Waals surface area contributed by atoms with Gasteiger partial charge in [0, 0.05) is 47.5 Å². The molecule has 0 aliphatic carbocycles. The Morgan fingerprint density at radius 3 is 1.62 bits per heavy atom. The van der Waals surface area contributed by atoms with E-state index in [2.05, 4.69) is 118 Å². The molecule has 0 radical (unpaired) electrons. The molecule has 0 bridgehead atoms. The van der Waals surface area contributed by atoms with E-state index in [1.807, 2.05) is 0 Å². The molecule has 2 aliphatic heterocycles. The summed E-state index contributed by atoms with van der Waals surface area (Å²) in [5, 5.41) is 0. The van der Waals surface area contributed by atoms with Gasteiger partial charge in [-0.25, -0.2) is 0 Å². The smallest absolute Gasteiger partial charge is 0.209 e. The Hall–Kier alpha value is -1.88. The lowest BCUT2D eigenvalue weighted by Gasteiger charge is -2.27. The van der Waals surface area contributed by atoms with Crippen LogP contribution in [0, 0.1) is 0 Å². The zero-order valence-corrected chi connectivity index (χ0v) is 35.3. The minimum atomic E-state index is -0.00602. The number of fused-ring (bicyclic) bond motifs is 2. The first-order valence-corrected chi connectivity index (χ1v) is 20.8. The first kappa shape index (κ1) is 42.5. The number of para-hydroxylation sites is 2. The van der Waals surface area contributed by atoms with Crippen LogP contribution in [0.1, 0.15) is 181 Å². The zero-order valence-electron chi connectivity index (χ0n) is 33.2. The van der Waals surface area contributed by atoms with E-state index in [9.17, 15) is 0 Å². The van der Waals surface area contributed by atoms with Gasteiger partial charge in [0.15, 0.2) is 5.71 Å². The van der Waals surface area contributed by atoms with Gasteiger partial charge in [-0.3, -0.25) is 0 Å². The predicted molar refractivity (Wildman–Crippen MR) is 217 cm³/mol. The third-order valence-corrected chi connectivity index (χ3v) is 11.6. The van der Waals surface area contributed by atoms with Gasteiger partial charge in [-0.05, 0) is 44.4 Å². The molecule has 0 N–H and O–H groups in total. The zero-order chi connectivity index (χ0) is 35.0. The molecular weight excluding hydrogens is 719 g/mol. The second-order valence-corrected chi connectivity index (χ2v) is 16.2. The normalized spacial score (nSPS) is 16.8. The van der Waals surface area contributed by atoms with Crippen molar-refractivity contribution in [2.75, 3.05) is 18.0 Å². The van der Waals surface area contributed by atoms with E-state index in [1.165, 1.54) is 162 Å². The SMILES string of the molecule is CCCCCCCCCCCCN1/C(=C\C=C\C2=[N+](CCCCCCCCCCCC)c3ccccc3C2(C)C)C(C)(C)c2ccccc21.[I-]. The molecule has 0 amide bonds. The average molecular weight is 793 g/mol. The largest absolute Gasteiger partial charge is 1.00 e. The highest BCUT2D eigenvalue weighted by Gasteiger charge is 2.44. The Labute approximate surface area is 326 Å². The van der Waals surface area contributed by atoms with Crippen molar-refractivity contribution in [3.63, 3.8) is 0 Å². The van der Waals surface area contributed by atoms with Crippen molar-refractivity contribution >= 4 is 17.1 Å². The Balaban J connectivity index is 0.00000676. The summed E-state index contributed by atoms with van der Waals surface area (Å²) in [6.07, 6.45) is 34.8. The van der Waals surface area contributed by atoms with Crippen LogP contribution in [0.15, 0.2) is 72.5 Å². The van der Waals surface area contributed by atoms with E-state index in [1.54, 1.807) is 0 Å². The summed E-state index contributed by atoms with van der Waals surface area (Å²) in [5.74, 6) is 0. The van der Waals surface area contributed by atoms with Gasteiger partial charge in [-0.15, -0.1) is 0 Å². The quantitative estimate of drug-likeness (QED) is 0.0583. The first-order chi connectivity index (χ1) is 23.8. The molecule has 2 aliphatic rings. The number of anilines is 1. The lowest BCUT2D eigenvalue weighted by Crippen LogP contribution is -3.00. The summed E-state index contributed by atoms with van der Waals surface area (Å²) in [4.78, 5) is 2.64. The van der Waals surface area contributed by atoms with Gasteiger partial charge in [-0.2, -0.15) is 4.58 Å². The molecule has 0 saturated heterocycles. The van der Waals surface area contributed by atoms with E-state index >= 15 is 0 Å². The minimum Gasteiger partial charge on any atom is -1.00 e. The highest BCUT2D eigenvalue weighted by Crippen LogP contribution is 2.48. The third kappa shape index (κ3) is 11.6. The molecule has 2 heterocycles. The molecule has 0 atom stereocenters. The second kappa shape index (κ2) is 22.2. The number of unbranched alkanes of at least 4 members (excludes halogenated alkanes) is 18. The van der Waals surface area contributed by atoms with Crippen LogP contribution in [0.2, 0.25) is 0 Å². The molecule has 0 unspecified atom stereocenters. The highest BCUT2D eigenvalue weighted by molar-refractivity contribution is 6.03. The summed E-state index contributed by atoms with van der Waals surface area (Å²) in [7, 11) is 0. The minimum absolute atomic E-state index is 0. The maximum Gasteiger partial charge on any atom is 0.209 e. The van der Waals surface area contributed by atoms with Gasteiger partial charge in [0.1, 0.15) is 6.54 Å². The molecule has 2 nitrogen and oxygen atoms in total. The van der Waals surface area contributed by atoms with Crippen molar-refractivity contribution < 1.29 is 28.6 Å². The van der Waals surface area contributed by atoms with E-state index < -0.39 is 0 Å². The summed E-state index contributed by atoms with van der Waals surface area (Å²) in [6.45, 7) is 16.5. The van der Waals surface area contributed by atoms with Gasteiger partial charge < -0.3 is 28.9 Å². The molecule has 4 rings (SSSR count). The van der Waals surface area contributed by atoms with E-state index in [0.717, 1.165) is 13.1 Å². The Bertz CT molecular complexity index is 1360. The van der Waals surface area contributed by atoms with Crippen LogP contribution in [0.25, 0.3) is 0 Å². The van der Waals surface area contributed by atoms with Gasteiger partial charge in [0.2, 0.25) is 5.69 Å². The first-order valence-electron chi connectivity index (χ1n) is 20.8. The van der Waals surface area contributed by atoms with Gasteiger partial charge in [-0.1, -0.05) is 179 Å². The van der Waals surface area contributed by atoms with E-state index in [4.69, 9.17) is 0 Å². The Morgan fingerprint density at radius 1 is 0.560 bits per heavy atom. The van der Waals surface area contributed by atoms with Crippen LogP contribution in [0.3, 0.4) is 0 Å². The number of rotatable bonds is 24. The van der Waals surface area contributed by atoms with Crippen molar-refractivity contribution in [1.29, 1.82) is 0 Å². The maximum absolute atomic E-state index is 2.64. The number of nitrogens with zero attached hydrogens (tertiary/aromatic N) is 2. The molecule has 3 heteroatoms. The third-order valence-electron chi connectivity index (χ3n) is 11.6. The van der Waals surface area contributed by atoms with Crippen LogP contribution < -0.4 is 28.9 Å². The van der Waals surface area contributed by atoms with Crippen molar-refractivity contribution in [1.82, 2.24) is 0 Å². The van der Waals surface area contributed by atoms with Gasteiger partial charge >= 0.3 is 0 Å². The Kier molecular flexibility index (Phi) is 18.9. The van der Waals surface area contributed by atoms with Crippen LogP contribution in [0.5, 0.6) is 0 Å². The molecule has 278 valence electrons. The van der Waals surface area contributed by atoms with Gasteiger partial charge in [0.05, 0.1) is 5.41 Å². The number of hydrogen-bond donors (Lipinski definition) is 0. The number of benzene rings is 2. The maximum atomic E-state index is 2.64. The fourth-order valence-electron chi connectivity index (χ4n) is 8.51. The fourth-order valence-corrected chi connectivity index (χ4v) is 8.51. The molecule has 0 spiro atoms. The number of hydrogen-bond acceptors (Lipinski definition) is 1.